The highest BCUT2D eigenvalue weighted by atomic mass is 16.5. The van der Waals surface area contributed by atoms with Crippen molar-refractivity contribution in [1.29, 1.82) is 0 Å². The summed E-state index contributed by atoms with van der Waals surface area (Å²) < 4.78 is 5.51. The Kier molecular flexibility index (Phi) is 4.19. The van der Waals surface area contributed by atoms with Gasteiger partial charge >= 0.3 is 0 Å². The van der Waals surface area contributed by atoms with E-state index in [0.717, 1.165) is 32.3 Å². The van der Waals surface area contributed by atoms with Crippen molar-refractivity contribution in [1.82, 2.24) is 0 Å². The Labute approximate surface area is 104 Å². The Balaban J connectivity index is 2.07. The summed E-state index contributed by atoms with van der Waals surface area (Å²) in [5.41, 5.74) is 0.601. The molecular weight excluding hydrogens is 212 g/mol. The van der Waals surface area contributed by atoms with Gasteiger partial charge in [-0.15, -0.1) is 0 Å². The molecule has 0 spiro atoms. The minimum absolute atomic E-state index is 0.279. The lowest BCUT2D eigenvalue weighted by molar-refractivity contribution is -0.0808. The van der Waals surface area contributed by atoms with Crippen LogP contribution in [0.4, 0.5) is 0 Å². The van der Waals surface area contributed by atoms with Crippen LogP contribution < -0.4 is 0 Å². The quantitative estimate of drug-likeness (QED) is 0.868. The first-order valence-corrected chi connectivity index (χ1v) is 6.58. The number of aliphatic hydroxyl groups is 1. The van der Waals surface area contributed by atoms with Crippen LogP contribution in [-0.2, 0) is 11.2 Å². The monoisotopic (exact) mass is 234 g/mol. The summed E-state index contributed by atoms with van der Waals surface area (Å²) in [5.74, 6) is 0.279. The van der Waals surface area contributed by atoms with Crippen molar-refractivity contribution in [2.24, 2.45) is 5.92 Å². The average Bonchev–Trinajstić information content (AvgIpc) is 2.41. The molecule has 1 aromatic rings. The Morgan fingerprint density at radius 3 is 2.71 bits per heavy atom. The van der Waals surface area contributed by atoms with E-state index in [2.05, 4.69) is 19.1 Å². The second-order valence-corrected chi connectivity index (χ2v) is 5.03. The van der Waals surface area contributed by atoms with Crippen molar-refractivity contribution >= 4 is 0 Å². The van der Waals surface area contributed by atoms with Gasteiger partial charge in [-0.25, -0.2) is 0 Å². The zero-order valence-corrected chi connectivity index (χ0v) is 10.6. The van der Waals surface area contributed by atoms with Gasteiger partial charge in [0.25, 0.3) is 0 Å². The molecule has 2 nitrogen and oxygen atoms in total. The van der Waals surface area contributed by atoms with Gasteiger partial charge in [-0.05, 0) is 24.8 Å². The van der Waals surface area contributed by atoms with Crippen molar-refractivity contribution < 1.29 is 9.84 Å². The SMILES string of the molecule is CCC(O)(Cc1ccccc1)C1CCCOC1. The predicted octanol–water partition coefficient (Wildman–Crippen LogP) is 2.80. The maximum Gasteiger partial charge on any atom is 0.0735 e. The summed E-state index contributed by atoms with van der Waals surface area (Å²) in [7, 11) is 0. The number of rotatable bonds is 4. The lowest BCUT2D eigenvalue weighted by atomic mass is 9.77. The van der Waals surface area contributed by atoms with Gasteiger partial charge in [-0.1, -0.05) is 37.3 Å². The average molecular weight is 234 g/mol. The molecule has 1 N–H and O–H groups in total. The van der Waals surface area contributed by atoms with E-state index >= 15 is 0 Å². The number of hydrogen-bond acceptors (Lipinski definition) is 2. The molecule has 1 aliphatic heterocycles. The molecule has 1 fully saturated rings. The highest BCUT2D eigenvalue weighted by molar-refractivity contribution is 5.17. The van der Waals surface area contributed by atoms with E-state index in [0.29, 0.717) is 6.61 Å². The van der Waals surface area contributed by atoms with Gasteiger partial charge in [0, 0.05) is 18.9 Å². The van der Waals surface area contributed by atoms with Gasteiger partial charge in [0.05, 0.1) is 12.2 Å². The molecule has 1 aromatic carbocycles. The molecule has 0 radical (unpaired) electrons. The van der Waals surface area contributed by atoms with Crippen LogP contribution in [0.25, 0.3) is 0 Å². The standard InChI is InChI=1S/C15H22O2/c1-2-15(16,14-9-6-10-17-12-14)11-13-7-4-3-5-8-13/h3-5,7-8,14,16H,2,6,9-12H2,1H3. The third kappa shape index (κ3) is 3.08. The highest BCUT2D eigenvalue weighted by Gasteiger charge is 2.36. The maximum atomic E-state index is 10.8. The molecule has 0 bridgehead atoms. The Morgan fingerprint density at radius 1 is 1.35 bits per heavy atom. The molecule has 1 saturated heterocycles. The molecule has 2 rings (SSSR count). The minimum Gasteiger partial charge on any atom is -0.389 e. The Morgan fingerprint density at radius 2 is 2.12 bits per heavy atom. The van der Waals surface area contributed by atoms with Crippen molar-refractivity contribution in [2.45, 2.75) is 38.2 Å². The minimum atomic E-state index is -0.609. The maximum absolute atomic E-state index is 10.8. The van der Waals surface area contributed by atoms with E-state index in [4.69, 9.17) is 4.74 Å². The summed E-state index contributed by atoms with van der Waals surface area (Å²) in [6, 6.07) is 10.2. The van der Waals surface area contributed by atoms with Crippen LogP contribution >= 0.6 is 0 Å². The lowest BCUT2D eigenvalue weighted by Gasteiger charge is -2.38. The molecule has 1 heterocycles. The first-order chi connectivity index (χ1) is 8.24. The predicted molar refractivity (Wildman–Crippen MR) is 68.9 cm³/mol. The van der Waals surface area contributed by atoms with Gasteiger partial charge in [0.15, 0.2) is 0 Å². The van der Waals surface area contributed by atoms with Crippen molar-refractivity contribution in [3.63, 3.8) is 0 Å². The third-order valence-electron chi connectivity index (χ3n) is 3.89. The fourth-order valence-corrected chi connectivity index (χ4v) is 2.67. The van der Waals surface area contributed by atoms with Crippen LogP contribution in [-0.4, -0.2) is 23.9 Å². The summed E-state index contributed by atoms with van der Waals surface area (Å²) in [4.78, 5) is 0. The van der Waals surface area contributed by atoms with Crippen molar-refractivity contribution in [3.8, 4) is 0 Å². The third-order valence-corrected chi connectivity index (χ3v) is 3.89. The molecule has 2 unspecified atom stereocenters. The van der Waals surface area contributed by atoms with Crippen molar-refractivity contribution in [3.05, 3.63) is 35.9 Å². The smallest absolute Gasteiger partial charge is 0.0735 e. The van der Waals surface area contributed by atoms with E-state index in [9.17, 15) is 5.11 Å². The molecule has 17 heavy (non-hydrogen) atoms. The van der Waals surface area contributed by atoms with Crippen LogP contribution in [0.3, 0.4) is 0 Å². The van der Waals surface area contributed by atoms with E-state index < -0.39 is 5.60 Å². The molecule has 0 amide bonds. The topological polar surface area (TPSA) is 29.5 Å². The van der Waals surface area contributed by atoms with Gasteiger partial charge in [-0.2, -0.15) is 0 Å². The van der Waals surface area contributed by atoms with Crippen LogP contribution in [0.5, 0.6) is 0 Å². The van der Waals surface area contributed by atoms with E-state index in [1.54, 1.807) is 0 Å². The molecule has 1 aliphatic rings. The molecule has 0 saturated carbocycles. The van der Waals surface area contributed by atoms with Crippen LogP contribution in [0.2, 0.25) is 0 Å². The fraction of sp³-hybridized carbons (Fsp3) is 0.600. The number of benzene rings is 1. The first kappa shape index (κ1) is 12.6. The van der Waals surface area contributed by atoms with Crippen molar-refractivity contribution in [2.75, 3.05) is 13.2 Å². The van der Waals surface area contributed by atoms with E-state index in [1.165, 1.54) is 5.56 Å². The van der Waals surface area contributed by atoms with Gasteiger partial charge in [0.2, 0.25) is 0 Å². The molecule has 0 aromatic heterocycles. The highest BCUT2D eigenvalue weighted by Crippen LogP contribution is 2.31. The number of ether oxygens (including phenoxy) is 1. The second-order valence-electron chi connectivity index (χ2n) is 5.03. The summed E-state index contributed by atoms with van der Waals surface area (Å²) in [6.07, 6.45) is 3.67. The first-order valence-electron chi connectivity index (χ1n) is 6.58. The summed E-state index contributed by atoms with van der Waals surface area (Å²) >= 11 is 0. The normalized spacial score (nSPS) is 24.2. The molecule has 0 aliphatic carbocycles. The van der Waals surface area contributed by atoms with Gasteiger partial charge in [-0.3, -0.25) is 0 Å². The molecular formula is C15H22O2. The zero-order valence-electron chi connectivity index (χ0n) is 10.6. The second kappa shape index (κ2) is 5.65. The molecule has 2 heteroatoms. The lowest BCUT2D eigenvalue weighted by Crippen LogP contribution is -2.43. The van der Waals surface area contributed by atoms with Crippen LogP contribution in [0, 0.1) is 5.92 Å². The largest absolute Gasteiger partial charge is 0.389 e. The molecule has 2 atom stereocenters. The fourth-order valence-electron chi connectivity index (χ4n) is 2.67. The summed E-state index contributed by atoms with van der Waals surface area (Å²) in [6.45, 7) is 3.62. The summed E-state index contributed by atoms with van der Waals surface area (Å²) in [5, 5.41) is 10.8. The Bertz CT molecular complexity index is 330. The number of hydrogen-bond donors (Lipinski definition) is 1. The van der Waals surface area contributed by atoms with Gasteiger partial charge < -0.3 is 9.84 Å². The van der Waals surface area contributed by atoms with E-state index in [1.807, 2.05) is 18.2 Å². The Hall–Kier alpha value is -0.860. The van der Waals surface area contributed by atoms with E-state index in [-0.39, 0.29) is 5.92 Å². The zero-order chi connectivity index (χ0) is 12.1. The van der Waals surface area contributed by atoms with Crippen LogP contribution in [0.1, 0.15) is 31.7 Å². The van der Waals surface area contributed by atoms with Crippen LogP contribution in [0.15, 0.2) is 30.3 Å². The van der Waals surface area contributed by atoms with Gasteiger partial charge in [0.1, 0.15) is 0 Å². The molecule has 94 valence electrons.